The molecule has 0 saturated heterocycles. The second-order valence-corrected chi connectivity index (χ2v) is 7.57. The Balaban J connectivity index is 1.89. The molecule has 28 heavy (non-hydrogen) atoms. The molecule has 7 nitrogen and oxygen atoms in total. The van der Waals surface area contributed by atoms with Crippen LogP contribution in [0.3, 0.4) is 0 Å². The van der Waals surface area contributed by atoms with Gasteiger partial charge in [0.1, 0.15) is 5.00 Å². The molecule has 0 spiro atoms. The summed E-state index contributed by atoms with van der Waals surface area (Å²) in [7, 11) is 1.30. The van der Waals surface area contributed by atoms with E-state index < -0.39 is 12.1 Å². The predicted molar refractivity (Wildman–Crippen MR) is 106 cm³/mol. The number of hydrogen-bond donors (Lipinski definition) is 1. The number of nitrogens with zero attached hydrogens (tertiary/aromatic N) is 1. The van der Waals surface area contributed by atoms with E-state index in [0.29, 0.717) is 47.3 Å². The lowest BCUT2D eigenvalue weighted by Crippen LogP contribution is -2.36. The van der Waals surface area contributed by atoms with Crippen LogP contribution in [-0.4, -0.2) is 43.1 Å². The van der Waals surface area contributed by atoms with Crippen molar-refractivity contribution in [2.75, 3.05) is 25.6 Å². The van der Waals surface area contributed by atoms with Gasteiger partial charge in [-0.3, -0.25) is 4.79 Å². The van der Waals surface area contributed by atoms with Crippen molar-refractivity contribution >= 4 is 45.9 Å². The maximum atomic E-state index is 12.6. The summed E-state index contributed by atoms with van der Waals surface area (Å²) in [6.45, 7) is 2.79. The number of carbonyl (C=O) groups excluding carboxylic acids is 3. The topological polar surface area (TPSA) is 84.9 Å². The number of hydrogen-bond acceptors (Lipinski definition) is 6. The van der Waals surface area contributed by atoms with Gasteiger partial charge < -0.3 is 19.7 Å². The van der Waals surface area contributed by atoms with Crippen LogP contribution in [-0.2, 0) is 22.4 Å². The summed E-state index contributed by atoms with van der Waals surface area (Å²) in [5.41, 5.74) is 1.55. The van der Waals surface area contributed by atoms with Gasteiger partial charge in [-0.05, 0) is 43.2 Å². The molecule has 0 aliphatic carbocycles. The van der Waals surface area contributed by atoms with Crippen LogP contribution in [0, 0.1) is 0 Å². The van der Waals surface area contributed by atoms with Crippen LogP contribution in [0.15, 0.2) is 24.3 Å². The largest absolute Gasteiger partial charge is 0.465 e. The molecule has 0 atom stereocenters. The second kappa shape index (κ2) is 8.62. The molecule has 1 N–H and O–H groups in total. The summed E-state index contributed by atoms with van der Waals surface area (Å²) < 4.78 is 9.96. The zero-order valence-corrected chi connectivity index (χ0v) is 17.0. The average molecular weight is 423 g/mol. The highest BCUT2D eigenvalue weighted by Gasteiger charge is 2.31. The van der Waals surface area contributed by atoms with Crippen LogP contribution < -0.4 is 5.32 Å². The van der Waals surface area contributed by atoms with Crippen molar-refractivity contribution in [2.45, 2.75) is 19.9 Å². The minimum absolute atomic E-state index is 0.294. The smallest absolute Gasteiger partial charge is 0.410 e. The molecule has 3 rings (SSSR count). The van der Waals surface area contributed by atoms with Crippen molar-refractivity contribution < 1.29 is 23.9 Å². The monoisotopic (exact) mass is 422 g/mol. The summed E-state index contributed by atoms with van der Waals surface area (Å²) in [6, 6.07) is 6.44. The number of fused-ring (bicyclic) bond motifs is 1. The Kier molecular flexibility index (Phi) is 6.21. The quantitative estimate of drug-likeness (QED) is 0.754. The molecule has 1 aliphatic heterocycles. The first-order valence-corrected chi connectivity index (χ1v) is 9.85. The van der Waals surface area contributed by atoms with Gasteiger partial charge in [-0.2, -0.15) is 0 Å². The van der Waals surface area contributed by atoms with Gasteiger partial charge in [-0.1, -0.05) is 11.6 Å². The molecule has 0 saturated carbocycles. The Morgan fingerprint density at radius 3 is 2.61 bits per heavy atom. The van der Waals surface area contributed by atoms with Crippen LogP contribution in [0.25, 0.3) is 0 Å². The van der Waals surface area contributed by atoms with Crippen molar-refractivity contribution in [3.8, 4) is 0 Å². The molecule has 9 heteroatoms. The molecule has 0 fully saturated rings. The van der Waals surface area contributed by atoms with E-state index in [1.807, 2.05) is 0 Å². The first kappa shape index (κ1) is 20.2. The zero-order chi connectivity index (χ0) is 20.3. The fourth-order valence-electron chi connectivity index (χ4n) is 2.96. The van der Waals surface area contributed by atoms with Crippen LogP contribution >= 0.6 is 22.9 Å². The van der Waals surface area contributed by atoms with Crippen molar-refractivity contribution in [2.24, 2.45) is 0 Å². The first-order valence-electron chi connectivity index (χ1n) is 8.66. The molecular formula is C19H19ClN2O5S. The summed E-state index contributed by atoms with van der Waals surface area (Å²) in [5.74, 6) is -0.879. The van der Waals surface area contributed by atoms with Crippen molar-refractivity contribution in [1.29, 1.82) is 0 Å². The molecule has 2 heterocycles. The Morgan fingerprint density at radius 1 is 1.25 bits per heavy atom. The van der Waals surface area contributed by atoms with Crippen molar-refractivity contribution in [1.82, 2.24) is 4.90 Å². The fourth-order valence-corrected chi connectivity index (χ4v) is 4.33. The Labute approximate surface area is 171 Å². The van der Waals surface area contributed by atoms with Gasteiger partial charge >= 0.3 is 12.1 Å². The lowest BCUT2D eigenvalue weighted by Gasteiger charge is -2.26. The molecular weight excluding hydrogens is 404 g/mol. The maximum Gasteiger partial charge on any atom is 0.410 e. The normalized spacial score (nSPS) is 12.9. The number of halogens is 1. The zero-order valence-electron chi connectivity index (χ0n) is 15.4. The highest BCUT2D eigenvalue weighted by molar-refractivity contribution is 7.17. The fraction of sp³-hybridized carbons (Fsp3) is 0.316. The van der Waals surface area contributed by atoms with E-state index in [1.165, 1.54) is 18.4 Å². The van der Waals surface area contributed by atoms with E-state index in [1.54, 1.807) is 36.1 Å². The minimum Gasteiger partial charge on any atom is -0.465 e. The number of anilines is 1. The summed E-state index contributed by atoms with van der Waals surface area (Å²) in [5, 5.41) is 3.72. The van der Waals surface area contributed by atoms with Gasteiger partial charge in [0.05, 0.1) is 25.8 Å². The van der Waals surface area contributed by atoms with Gasteiger partial charge in [-0.15, -0.1) is 11.3 Å². The number of esters is 1. The second-order valence-electron chi connectivity index (χ2n) is 6.03. The van der Waals surface area contributed by atoms with E-state index in [0.717, 1.165) is 10.4 Å². The highest BCUT2D eigenvalue weighted by atomic mass is 35.5. The summed E-state index contributed by atoms with van der Waals surface area (Å²) >= 11 is 7.12. The lowest BCUT2D eigenvalue weighted by atomic mass is 10.0. The molecule has 0 bridgehead atoms. The van der Waals surface area contributed by atoms with E-state index in [4.69, 9.17) is 21.1 Å². The SMILES string of the molecule is CCOC(=O)N1CCc2c(sc(NC(=O)c3ccc(Cl)cc3)c2C(=O)OC)C1. The first-order chi connectivity index (χ1) is 13.4. The Morgan fingerprint density at radius 2 is 1.96 bits per heavy atom. The third-order valence-corrected chi connectivity index (χ3v) is 5.69. The van der Waals surface area contributed by atoms with Gasteiger partial charge in [0.25, 0.3) is 5.91 Å². The van der Waals surface area contributed by atoms with E-state index in [2.05, 4.69) is 5.32 Å². The molecule has 0 unspecified atom stereocenters. The van der Waals surface area contributed by atoms with Crippen LogP contribution in [0.1, 0.15) is 38.1 Å². The number of benzene rings is 1. The molecule has 1 aromatic carbocycles. The van der Waals surface area contributed by atoms with Gasteiger partial charge in [0.15, 0.2) is 0 Å². The third kappa shape index (κ3) is 4.13. The number of rotatable bonds is 4. The molecule has 1 aliphatic rings. The van der Waals surface area contributed by atoms with Crippen molar-refractivity contribution in [3.05, 3.63) is 50.9 Å². The lowest BCUT2D eigenvalue weighted by molar-refractivity contribution is 0.0600. The number of amides is 2. The highest BCUT2D eigenvalue weighted by Crippen LogP contribution is 2.38. The maximum absolute atomic E-state index is 12.6. The standard InChI is InChI=1S/C19H19ClN2O5S/c1-3-27-19(25)22-9-8-13-14(10-22)28-17(15(13)18(24)26-2)21-16(23)11-4-6-12(20)7-5-11/h4-7H,3,8-10H2,1-2H3,(H,21,23). The third-order valence-electron chi connectivity index (χ3n) is 4.31. The van der Waals surface area contributed by atoms with E-state index in [9.17, 15) is 14.4 Å². The molecule has 2 amide bonds. The summed E-state index contributed by atoms with van der Waals surface area (Å²) in [6.07, 6.45) is 0.0826. The number of nitrogens with one attached hydrogen (secondary N) is 1. The van der Waals surface area contributed by atoms with Gasteiger partial charge in [-0.25, -0.2) is 9.59 Å². The van der Waals surface area contributed by atoms with Crippen LogP contribution in [0.2, 0.25) is 5.02 Å². The number of methoxy groups -OCH3 is 1. The molecule has 0 radical (unpaired) electrons. The predicted octanol–water partition coefficient (Wildman–Crippen LogP) is 3.96. The molecule has 2 aromatic rings. The average Bonchev–Trinajstić information content (AvgIpc) is 3.04. The van der Waals surface area contributed by atoms with Crippen LogP contribution in [0.5, 0.6) is 0 Å². The Hall–Kier alpha value is -2.58. The van der Waals surface area contributed by atoms with E-state index in [-0.39, 0.29) is 5.91 Å². The van der Waals surface area contributed by atoms with Gasteiger partial charge in [0.2, 0.25) is 0 Å². The van der Waals surface area contributed by atoms with Crippen LogP contribution in [0.4, 0.5) is 9.80 Å². The number of thiophene rings is 1. The molecule has 148 valence electrons. The number of carbonyl (C=O) groups is 3. The van der Waals surface area contributed by atoms with Gasteiger partial charge in [0, 0.05) is 22.0 Å². The number of ether oxygens (including phenoxy) is 2. The van der Waals surface area contributed by atoms with E-state index >= 15 is 0 Å². The molecule has 1 aromatic heterocycles. The summed E-state index contributed by atoms with van der Waals surface area (Å²) in [4.78, 5) is 39.4. The van der Waals surface area contributed by atoms with Crippen molar-refractivity contribution in [3.63, 3.8) is 0 Å². The minimum atomic E-state index is -0.520. The Bertz CT molecular complexity index is 910.